The summed E-state index contributed by atoms with van der Waals surface area (Å²) in [6.45, 7) is 1.19. The van der Waals surface area contributed by atoms with Gasteiger partial charge >= 0.3 is 0 Å². The fraction of sp³-hybridized carbons (Fsp3) is 0.214. The topological polar surface area (TPSA) is 40.6 Å². The third-order valence-electron chi connectivity index (χ3n) is 3.04. The van der Waals surface area contributed by atoms with E-state index < -0.39 is 29.0 Å². The molecule has 1 aliphatic rings. The Bertz CT molecular complexity index is 706. The van der Waals surface area contributed by atoms with Crippen LogP contribution < -0.4 is 14.2 Å². The van der Waals surface area contributed by atoms with Crippen molar-refractivity contribution in [1.82, 2.24) is 4.98 Å². The van der Waals surface area contributed by atoms with Gasteiger partial charge in [0.2, 0.25) is 6.79 Å². The maximum atomic E-state index is 13.7. The summed E-state index contributed by atoms with van der Waals surface area (Å²) >= 11 is 0. The third-order valence-corrected chi connectivity index (χ3v) is 3.04. The number of pyridine rings is 1. The number of halogens is 3. The van der Waals surface area contributed by atoms with Gasteiger partial charge in [-0.25, -0.2) is 8.78 Å². The zero-order valence-electron chi connectivity index (χ0n) is 11.0. The first-order valence-electron chi connectivity index (χ1n) is 6.08. The van der Waals surface area contributed by atoms with E-state index >= 15 is 0 Å². The molecule has 1 aromatic heterocycles. The van der Waals surface area contributed by atoms with Gasteiger partial charge in [-0.15, -0.1) is 0 Å². The second-order valence-electron chi connectivity index (χ2n) is 4.44. The minimum absolute atomic E-state index is 0.0644. The van der Waals surface area contributed by atoms with Crippen LogP contribution in [0.5, 0.6) is 17.4 Å². The fourth-order valence-corrected chi connectivity index (χ4v) is 1.88. The largest absolute Gasteiger partial charge is 0.471 e. The zero-order valence-corrected chi connectivity index (χ0v) is 11.0. The van der Waals surface area contributed by atoms with Gasteiger partial charge in [0.15, 0.2) is 23.1 Å². The first kappa shape index (κ1) is 13.5. The quantitative estimate of drug-likeness (QED) is 0.816. The first-order chi connectivity index (χ1) is 10.1. The van der Waals surface area contributed by atoms with Gasteiger partial charge in [-0.05, 0) is 24.6 Å². The summed E-state index contributed by atoms with van der Waals surface area (Å²) in [7, 11) is 0. The van der Waals surface area contributed by atoms with Crippen molar-refractivity contribution < 1.29 is 27.4 Å². The molecule has 110 valence electrons. The van der Waals surface area contributed by atoms with Gasteiger partial charge in [-0.3, -0.25) is 0 Å². The van der Waals surface area contributed by atoms with Crippen molar-refractivity contribution in [3.8, 4) is 17.4 Å². The highest BCUT2D eigenvalue weighted by Crippen LogP contribution is 2.33. The molecule has 3 rings (SSSR count). The zero-order chi connectivity index (χ0) is 15.0. The lowest BCUT2D eigenvalue weighted by molar-refractivity contribution is 0.174. The summed E-state index contributed by atoms with van der Waals surface area (Å²) in [4.78, 5) is 3.13. The monoisotopic (exact) mass is 297 g/mol. The summed E-state index contributed by atoms with van der Waals surface area (Å²) in [5, 5.41) is 0. The normalized spacial score (nSPS) is 12.6. The number of aromatic nitrogens is 1. The van der Waals surface area contributed by atoms with Crippen LogP contribution in [0.15, 0.2) is 18.2 Å². The Morgan fingerprint density at radius 2 is 1.90 bits per heavy atom. The molecule has 21 heavy (non-hydrogen) atoms. The molecule has 4 nitrogen and oxygen atoms in total. The summed E-state index contributed by atoms with van der Waals surface area (Å²) in [5.74, 6) is -3.16. The minimum atomic E-state index is -1.39. The molecule has 1 aliphatic heterocycles. The van der Waals surface area contributed by atoms with Crippen LogP contribution in [0, 0.1) is 24.5 Å². The first-order valence-corrected chi connectivity index (χ1v) is 6.08. The van der Waals surface area contributed by atoms with Crippen molar-refractivity contribution in [3.63, 3.8) is 0 Å². The molecule has 7 heteroatoms. The Morgan fingerprint density at radius 3 is 2.71 bits per heavy atom. The summed E-state index contributed by atoms with van der Waals surface area (Å²) in [6.07, 6.45) is 0. The molecular formula is C14H10F3NO3. The molecule has 0 bridgehead atoms. The molecule has 0 atom stereocenters. The molecule has 0 saturated carbocycles. The molecule has 0 fully saturated rings. The molecule has 2 heterocycles. The van der Waals surface area contributed by atoms with E-state index in [1.165, 1.54) is 0 Å². The van der Waals surface area contributed by atoms with E-state index in [4.69, 9.17) is 14.2 Å². The predicted molar refractivity (Wildman–Crippen MR) is 65.7 cm³/mol. The molecule has 1 aromatic carbocycles. The second kappa shape index (κ2) is 5.16. The second-order valence-corrected chi connectivity index (χ2v) is 4.44. The molecule has 0 unspecified atom stereocenters. The maximum absolute atomic E-state index is 13.7. The minimum Gasteiger partial charge on any atom is -0.471 e. The molecule has 0 amide bonds. The highest BCUT2D eigenvalue weighted by Gasteiger charge is 2.19. The Hall–Kier alpha value is -2.44. The number of ether oxygens (including phenoxy) is 3. The number of hydrogen-bond donors (Lipinski definition) is 0. The molecule has 0 aliphatic carbocycles. The molecule has 0 radical (unpaired) electrons. The van der Waals surface area contributed by atoms with Crippen LogP contribution in [0.4, 0.5) is 13.2 Å². The lowest BCUT2D eigenvalue weighted by Gasteiger charge is -2.09. The van der Waals surface area contributed by atoms with Crippen molar-refractivity contribution in [2.45, 2.75) is 13.5 Å². The van der Waals surface area contributed by atoms with Crippen LogP contribution in [0.25, 0.3) is 0 Å². The van der Waals surface area contributed by atoms with Gasteiger partial charge in [0.25, 0.3) is 11.8 Å². The standard InChI is InChI=1S/C14H10F3NO3/c1-7-11(15)13(17)18-14(12(7)16)19-5-8-2-3-9-10(4-8)21-6-20-9/h2-4H,5-6H2,1H3. The molecular weight excluding hydrogens is 287 g/mol. The third kappa shape index (κ3) is 2.46. The maximum Gasteiger partial charge on any atom is 0.253 e. The van der Waals surface area contributed by atoms with Crippen molar-refractivity contribution in [1.29, 1.82) is 0 Å². The van der Waals surface area contributed by atoms with Crippen LogP contribution in [0.2, 0.25) is 0 Å². The number of nitrogens with zero attached hydrogens (tertiary/aromatic N) is 1. The lowest BCUT2D eigenvalue weighted by atomic mass is 10.2. The van der Waals surface area contributed by atoms with Crippen molar-refractivity contribution in [2.75, 3.05) is 6.79 Å². The summed E-state index contributed by atoms with van der Waals surface area (Å²) in [5.41, 5.74) is 0.186. The Balaban J connectivity index is 1.79. The molecule has 0 N–H and O–H groups in total. The number of benzene rings is 1. The highest BCUT2D eigenvalue weighted by molar-refractivity contribution is 5.44. The van der Waals surface area contributed by atoms with Crippen molar-refractivity contribution >= 4 is 0 Å². The van der Waals surface area contributed by atoms with Crippen molar-refractivity contribution in [2.24, 2.45) is 0 Å². The number of fused-ring (bicyclic) bond motifs is 1. The van der Waals surface area contributed by atoms with E-state index in [2.05, 4.69) is 4.98 Å². The number of rotatable bonds is 3. The van der Waals surface area contributed by atoms with E-state index in [0.29, 0.717) is 17.1 Å². The SMILES string of the molecule is Cc1c(F)c(F)nc(OCc2ccc3c(c2)OCO3)c1F. The van der Waals surface area contributed by atoms with Crippen LogP contribution in [0.1, 0.15) is 11.1 Å². The van der Waals surface area contributed by atoms with Crippen LogP contribution in [-0.4, -0.2) is 11.8 Å². The summed E-state index contributed by atoms with van der Waals surface area (Å²) in [6, 6.07) is 5.03. The summed E-state index contributed by atoms with van der Waals surface area (Å²) < 4.78 is 55.5. The van der Waals surface area contributed by atoms with Gasteiger partial charge in [0.05, 0.1) is 0 Å². The lowest BCUT2D eigenvalue weighted by Crippen LogP contribution is -2.05. The van der Waals surface area contributed by atoms with Crippen LogP contribution >= 0.6 is 0 Å². The molecule has 0 spiro atoms. The van der Waals surface area contributed by atoms with Gasteiger partial charge in [-0.1, -0.05) is 6.07 Å². The van der Waals surface area contributed by atoms with E-state index in [9.17, 15) is 13.2 Å². The van der Waals surface area contributed by atoms with Crippen LogP contribution in [0.3, 0.4) is 0 Å². The van der Waals surface area contributed by atoms with E-state index in [1.54, 1.807) is 18.2 Å². The van der Waals surface area contributed by atoms with Gasteiger partial charge in [0, 0.05) is 5.56 Å². The number of hydrogen-bond acceptors (Lipinski definition) is 4. The van der Waals surface area contributed by atoms with Crippen molar-refractivity contribution in [3.05, 3.63) is 46.9 Å². The Morgan fingerprint density at radius 1 is 1.14 bits per heavy atom. The Kier molecular flexibility index (Phi) is 3.32. The van der Waals surface area contributed by atoms with Gasteiger partial charge in [0.1, 0.15) is 6.61 Å². The molecule has 2 aromatic rings. The Labute approximate surface area is 118 Å². The smallest absolute Gasteiger partial charge is 0.253 e. The van der Waals surface area contributed by atoms with E-state index in [0.717, 1.165) is 6.92 Å². The van der Waals surface area contributed by atoms with E-state index in [1.807, 2.05) is 0 Å². The highest BCUT2D eigenvalue weighted by atomic mass is 19.2. The predicted octanol–water partition coefficient (Wildman–Crippen LogP) is 3.12. The fourth-order valence-electron chi connectivity index (χ4n) is 1.88. The van der Waals surface area contributed by atoms with E-state index in [-0.39, 0.29) is 13.4 Å². The van der Waals surface area contributed by atoms with Crippen LogP contribution in [-0.2, 0) is 6.61 Å². The average molecular weight is 297 g/mol. The molecule has 0 saturated heterocycles. The average Bonchev–Trinajstić information content (AvgIpc) is 2.95. The van der Waals surface area contributed by atoms with Gasteiger partial charge < -0.3 is 14.2 Å². The van der Waals surface area contributed by atoms with Gasteiger partial charge in [-0.2, -0.15) is 9.37 Å².